The number of nitrogens with zero attached hydrogens (tertiary/aromatic N) is 1. The van der Waals surface area contributed by atoms with Crippen LogP contribution < -0.4 is 0 Å². The van der Waals surface area contributed by atoms with Crippen LogP contribution in [0.5, 0.6) is 0 Å². The third-order valence-electron chi connectivity index (χ3n) is 3.50. The molecule has 0 aliphatic carbocycles. The maximum atomic E-state index is 5.11. The minimum atomic E-state index is -0.0469. The van der Waals surface area contributed by atoms with E-state index in [-0.39, 0.29) is 49.8 Å². The average Bonchev–Trinajstić information content (AvgIpc) is 2.26. The summed E-state index contributed by atoms with van der Waals surface area (Å²) in [7, 11) is 5.27. The Bertz CT molecular complexity index is 191. The second-order valence-corrected chi connectivity index (χ2v) is 6.00. The molecule has 0 amide bonds. The van der Waals surface area contributed by atoms with E-state index in [2.05, 4.69) is 46.9 Å². The molecule has 0 rings (SSSR count). The van der Waals surface area contributed by atoms with Crippen molar-refractivity contribution in [3.05, 3.63) is 5.32 Å². The first kappa shape index (κ1) is 24.0. The third-order valence-corrected chi connectivity index (χ3v) is 3.50. The summed E-state index contributed by atoms with van der Waals surface area (Å²) < 4.78 is 10.2. The Morgan fingerprint density at radius 2 is 1.17 bits per heavy atom. The summed E-state index contributed by atoms with van der Waals surface area (Å²) in [5, 5.41) is 4.17. The standard InChI is InChI=1S/C7H16NO.C7H16O.Y/c1-6(9-5)7(2,3)8-4;1-6(8-5)7(2,3)4;/h6H,1-5H3;6H,1-5H3;/q-1;;. The van der Waals surface area contributed by atoms with Crippen LogP contribution in [0.1, 0.15) is 48.5 Å². The zero-order chi connectivity index (χ0) is 14.3. The largest absolute Gasteiger partial charge is 0.658 e. The van der Waals surface area contributed by atoms with Crippen molar-refractivity contribution < 1.29 is 42.2 Å². The minimum Gasteiger partial charge on any atom is -0.658 e. The van der Waals surface area contributed by atoms with Crippen LogP contribution in [0.3, 0.4) is 0 Å². The van der Waals surface area contributed by atoms with Crippen LogP contribution in [0.4, 0.5) is 0 Å². The van der Waals surface area contributed by atoms with E-state index < -0.39 is 0 Å². The Labute approximate surface area is 140 Å². The fourth-order valence-electron chi connectivity index (χ4n) is 0.824. The fourth-order valence-corrected chi connectivity index (χ4v) is 0.824. The SMILES string of the molecule is COC(C)C(C)(C)C.C[N-]C(C)(C)C(C)OC.[Y]. The molecule has 109 valence electrons. The van der Waals surface area contributed by atoms with Gasteiger partial charge in [-0.2, -0.15) is 7.05 Å². The zero-order valence-electron chi connectivity index (χ0n) is 14.0. The van der Waals surface area contributed by atoms with Crippen LogP contribution in [0.25, 0.3) is 5.32 Å². The van der Waals surface area contributed by atoms with Crippen LogP contribution in [0.15, 0.2) is 0 Å². The first-order valence-corrected chi connectivity index (χ1v) is 6.19. The van der Waals surface area contributed by atoms with Crippen molar-refractivity contribution in [2.24, 2.45) is 5.41 Å². The van der Waals surface area contributed by atoms with Crippen molar-refractivity contribution in [3.8, 4) is 0 Å². The van der Waals surface area contributed by atoms with Crippen molar-refractivity contribution in [2.75, 3.05) is 21.3 Å². The molecule has 0 aromatic carbocycles. The van der Waals surface area contributed by atoms with E-state index in [1.54, 1.807) is 14.2 Å². The Morgan fingerprint density at radius 3 is 1.22 bits per heavy atom. The molecule has 2 unspecified atom stereocenters. The molecule has 0 N–H and O–H groups in total. The van der Waals surface area contributed by atoms with Crippen molar-refractivity contribution in [1.82, 2.24) is 0 Å². The van der Waals surface area contributed by atoms with Gasteiger partial charge in [-0.15, -0.1) is 5.54 Å². The van der Waals surface area contributed by atoms with Crippen LogP contribution in [0.2, 0.25) is 0 Å². The maximum Gasteiger partial charge on any atom is 0.0591 e. The molecule has 4 heteroatoms. The molecule has 0 aromatic heterocycles. The van der Waals surface area contributed by atoms with E-state index in [0.717, 1.165) is 0 Å². The van der Waals surface area contributed by atoms with Gasteiger partial charge < -0.3 is 14.8 Å². The van der Waals surface area contributed by atoms with E-state index in [1.807, 2.05) is 14.0 Å². The van der Waals surface area contributed by atoms with Gasteiger partial charge in [0.15, 0.2) is 0 Å². The van der Waals surface area contributed by atoms with Gasteiger partial charge in [-0.3, -0.25) is 0 Å². The number of methoxy groups -OCH3 is 2. The van der Waals surface area contributed by atoms with Gasteiger partial charge >= 0.3 is 0 Å². The van der Waals surface area contributed by atoms with Crippen molar-refractivity contribution >= 4 is 0 Å². The summed E-state index contributed by atoms with van der Waals surface area (Å²) in [5.41, 5.74) is 0.240. The Hall–Kier alpha value is 0.984. The quantitative estimate of drug-likeness (QED) is 0.781. The first-order chi connectivity index (χ1) is 7.52. The molecule has 0 saturated carbocycles. The molecule has 0 fully saturated rings. The monoisotopic (exact) mass is 335 g/mol. The summed E-state index contributed by atoms with van der Waals surface area (Å²) >= 11 is 0. The summed E-state index contributed by atoms with van der Waals surface area (Å²) in [6.45, 7) is 14.7. The summed E-state index contributed by atoms with van der Waals surface area (Å²) in [4.78, 5) is 0. The van der Waals surface area contributed by atoms with Crippen LogP contribution in [-0.2, 0) is 42.2 Å². The molecule has 3 nitrogen and oxygen atoms in total. The first-order valence-electron chi connectivity index (χ1n) is 6.19. The number of ether oxygens (including phenoxy) is 2. The molecule has 0 bridgehead atoms. The molecular formula is C14H32NO2Y-. The Balaban J connectivity index is -0.000000238. The van der Waals surface area contributed by atoms with Gasteiger partial charge in [0.1, 0.15) is 0 Å². The molecule has 0 aromatic rings. The van der Waals surface area contributed by atoms with Crippen LogP contribution in [-0.4, -0.2) is 39.0 Å². The number of hydrogen-bond donors (Lipinski definition) is 0. The minimum absolute atomic E-state index is 0. The normalized spacial score (nSPS) is 15.0. The molecular weight excluding hydrogens is 303 g/mol. The average molecular weight is 335 g/mol. The molecule has 0 heterocycles. The van der Waals surface area contributed by atoms with Gasteiger partial charge in [0.05, 0.1) is 6.10 Å². The van der Waals surface area contributed by atoms with Gasteiger partial charge in [-0.1, -0.05) is 34.6 Å². The zero-order valence-corrected chi connectivity index (χ0v) is 16.8. The van der Waals surface area contributed by atoms with Gasteiger partial charge in [0.2, 0.25) is 0 Å². The van der Waals surface area contributed by atoms with Crippen molar-refractivity contribution in [2.45, 2.75) is 66.2 Å². The maximum absolute atomic E-state index is 5.11. The van der Waals surface area contributed by atoms with E-state index in [9.17, 15) is 0 Å². The second kappa shape index (κ2) is 10.7. The second-order valence-electron chi connectivity index (χ2n) is 6.00. The van der Waals surface area contributed by atoms with Crippen molar-refractivity contribution in [1.29, 1.82) is 0 Å². The molecule has 1 radical (unpaired) electrons. The number of hydrogen-bond acceptors (Lipinski definition) is 2. The smallest absolute Gasteiger partial charge is 0.0591 e. The molecule has 2 atom stereocenters. The Morgan fingerprint density at radius 1 is 0.833 bits per heavy atom. The fraction of sp³-hybridized carbons (Fsp3) is 1.00. The van der Waals surface area contributed by atoms with Crippen LogP contribution in [0, 0.1) is 5.41 Å². The molecule has 0 aliphatic heterocycles. The van der Waals surface area contributed by atoms with Crippen molar-refractivity contribution in [3.63, 3.8) is 0 Å². The van der Waals surface area contributed by atoms with E-state index >= 15 is 0 Å². The van der Waals surface area contributed by atoms with Gasteiger partial charge in [0.25, 0.3) is 0 Å². The Kier molecular flexibility index (Phi) is 14.3. The van der Waals surface area contributed by atoms with Crippen LogP contribution >= 0.6 is 0 Å². The van der Waals surface area contributed by atoms with Gasteiger partial charge in [-0.25, -0.2) is 0 Å². The molecule has 0 spiro atoms. The van der Waals surface area contributed by atoms with Gasteiger partial charge in [0, 0.05) is 53.0 Å². The third kappa shape index (κ3) is 10.9. The van der Waals surface area contributed by atoms with E-state index in [4.69, 9.17) is 9.47 Å². The summed E-state index contributed by atoms with van der Waals surface area (Å²) in [6, 6.07) is 0. The topological polar surface area (TPSA) is 32.6 Å². The molecule has 0 aliphatic rings. The summed E-state index contributed by atoms with van der Waals surface area (Å²) in [6.07, 6.45) is 0.546. The number of likely N-dealkylation sites (N-methyl/N-ethyl adjacent to an activating group) is 1. The van der Waals surface area contributed by atoms with E-state index in [1.165, 1.54) is 0 Å². The predicted octanol–water partition coefficient (Wildman–Crippen LogP) is 3.87. The van der Waals surface area contributed by atoms with Gasteiger partial charge in [-0.05, 0) is 19.3 Å². The molecule has 0 saturated heterocycles. The molecule has 18 heavy (non-hydrogen) atoms. The van der Waals surface area contributed by atoms with E-state index in [0.29, 0.717) is 6.10 Å². The predicted molar refractivity (Wildman–Crippen MR) is 75.8 cm³/mol. The number of rotatable bonds is 4. The summed E-state index contributed by atoms with van der Waals surface area (Å²) in [5.74, 6) is 0.